The Morgan fingerprint density at radius 3 is 2.83 bits per heavy atom. The number of esters is 1. The van der Waals surface area contributed by atoms with Crippen LogP contribution < -0.4 is 5.32 Å². The second kappa shape index (κ2) is 5.92. The molecule has 0 aliphatic heterocycles. The minimum atomic E-state index is -0.547. The Bertz CT molecular complexity index is 485. The van der Waals surface area contributed by atoms with Crippen molar-refractivity contribution < 1.29 is 14.1 Å². The fourth-order valence-corrected chi connectivity index (χ4v) is 1.56. The minimum absolute atomic E-state index is 0.325. The summed E-state index contributed by atoms with van der Waals surface area (Å²) in [4.78, 5) is 15.6. The highest BCUT2D eigenvalue weighted by molar-refractivity contribution is 5.77. The molecule has 0 aliphatic rings. The van der Waals surface area contributed by atoms with E-state index in [4.69, 9.17) is 4.74 Å². The standard InChI is InChI=1S/C12H13N3O3/c1-17-12(16)11(9-5-3-2-4-6-9)13-7-10-14-8-18-15-10/h2-6,8,11,13H,7H2,1H3. The molecule has 2 rings (SSSR count). The van der Waals surface area contributed by atoms with Gasteiger partial charge in [-0.3, -0.25) is 5.32 Å². The first-order chi connectivity index (χ1) is 8.81. The van der Waals surface area contributed by atoms with E-state index in [-0.39, 0.29) is 5.97 Å². The van der Waals surface area contributed by atoms with Crippen molar-refractivity contribution >= 4 is 5.97 Å². The molecule has 0 fully saturated rings. The third-order valence-corrected chi connectivity index (χ3v) is 2.44. The van der Waals surface area contributed by atoms with Gasteiger partial charge in [0.15, 0.2) is 5.82 Å². The van der Waals surface area contributed by atoms with E-state index in [0.717, 1.165) is 5.56 Å². The van der Waals surface area contributed by atoms with Crippen molar-refractivity contribution in [2.24, 2.45) is 0 Å². The number of nitrogens with one attached hydrogen (secondary N) is 1. The predicted molar refractivity (Wildman–Crippen MR) is 62.3 cm³/mol. The van der Waals surface area contributed by atoms with Gasteiger partial charge in [-0.25, -0.2) is 4.79 Å². The number of nitrogens with zero attached hydrogens (tertiary/aromatic N) is 2. The van der Waals surface area contributed by atoms with E-state index in [1.807, 2.05) is 30.3 Å². The van der Waals surface area contributed by atoms with E-state index in [2.05, 4.69) is 20.0 Å². The summed E-state index contributed by atoms with van der Waals surface area (Å²) in [6, 6.07) is 8.77. The fourth-order valence-electron chi connectivity index (χ4n) is 1.56. The second-order valence-electron chi connectivity index (χ2n) is 3.60. The van der Waals surface area contributed by atoms with E-state index in [1.54, 1.807) is 0 Å². The summed E-state index contributed by atoms with van der Waals surface area (Å²) < 4.78 is 9.39. The van der Waals surface area contributed by atoms with Crippen LogP contribution in [0.25, 0.3) is 0 Å². The molecule has 0 amide bonds. The predicted octanol–water partition coefficient (Wildman–Crippen LogP) is 1.07. The molecule has 94 valence electrons. The van der Waals surface area contributed by atoms with Crippen LogP contribution in [0.15, 0.2) is 41.2 Å². The topological polar surface area (TPSA) is 77.2 Å². The first-order valence-electron chi connectivity index (χ1n) is 5.42. The highest BCUT2D eigenvalue weighted by Crippen LogP contribution is 2.14. The molecule has 6 heteroatoms. The van der Waals surface area contributed by atoms with Gasteiger partial charge in [0, 0.05) is 0 Å². The van der Waals surface area contributed by atoms with Crippen molar-refractivity contribution in [3.05, 3.63) is 48.1 Å². The number of benzene rings is 1. The number of aromatic nitrogens is 2. The molecular formula is C12H13N3O3. The Morgan fingerprint density at radius 1 is 1.44 bits per heavy atom. The molecule has 0 spiro atoms. The molecule has 0 radical (unpaired) electrons. The molecular weight excluding hydrogens is 234 g/mol. The lowest BCUT2D eigenvalue weighted by Crippen LogP contribution is -2.29. The summed E-state index contributed by atoms with van der Waals surface area (Å²) >= 11 is 0. The van der Waals surface area contributed by atoms with Crippen LogP contribution in [0.3, 0.4) is 0 Å². The van der Waals surface area contributed by atoms with Crippen LogP contribution in [0.4, 0.5) is 0 Å². The van der Waals surface area contributed by atoms with E-state index < -0.39 is 6.04 Å². The Hall–Kier alpha value is -2.21. The average molecular weight is 247 g/mol. The Labute approximate surface area is 104 Å². The van der Waals surface area contributed by atoms with Crippen molar-refractivity contribution in [1.82, 2.24) is 15.5 Å². The van der Waals surface area contributed by atoms with Crippen LogP contribution in [0, 0.1) is 0 Å². The van der Waals surface area contributed by atoms with Crippen LogP contribution in [-0.2, 0) is 16.1 Å². The molecule has 1 N–H and O–H groups in total. The van der Waals surface area contributed by atoms with E-state index in [0.29, 0.717) is 12.4 Å². The van der Waals surface area contributed by atoms with E-state index >= 15 is 0 Å². The summed E-state index contributed by atoms with van der Waals surface area (Å²) in [6.45, 7) is 0.325. The normalized spacial score (nSPS) is 12.1. The van der Waals surface area contributed by atoms with Crippen LogP contribution in [0.1, 0.15) is 17.4 Å². The zero-order chi connectivity index (χ0) is 12.8. The summed E-state index contributed by atoms with van der Waals surface area (Å²) in [7, 11) is 1.36. The maximum Gasteiger partial charge on any atom is 0.327 e. The number of rotatable bonds is 5. The second-order valence-corrected chi connectivity index (χ2v) is 3.60. The Morgan fingerprint density at radius 2 is 2.22 bits per heavy atom. The smallest absolute Gasteiger partial charge is 0.327 e. The quantitative estimate of drug-likeness (QED) is 0.796. The highest BCUT2D eigenvalue weighted by Gasteiger charge is 2.20. The van der Waals surface area contributed by atoms with Crippen LogP contribution in [0.5, 0.6) is 0 Å². The highest BCUT2D eigenvalue weighted by atomic mass is 16.5. The van der Waals surface area contributed by atoms with E-state index in [1.165, 1.54) is 13.5 Å². The van der Waals surface area contributed by atoms with Crippen LogP contribution >= 0.6 is 0 Å². The molecule has 0 saturated heterocycles. The zero-order valence-electron chi connectivity index (χ0n) is 9.87. The molecule has 1 aromatic heterocycles. The number of carbonyl (C=O) groups is 1. The van der Waals surface area contributed by atoms with Gasteiger partial charge in [0.2, 0.25) is 6.39 Å². The first kappa shape index (κ1) is 12.3. The van der Waals surface area contributed by atoms with Gasteiger partial charge in [0.1, 0.15) is 6.04 Å². The van der Waals surface area contributed by atoms with Crippen molar-refractivity contribution in [2.45, 2.75) is 12.6 Å². The molecule has 1 atom stereocenters. The number of carbonyl (C=O) groups excluding carboxylic acids is 1. The van der Waals surface area contributed by atoms with Crippen LogP contribution in [-0.4, -0.2) is 23.2 Å². The van der Waals surface area contributed by atoms with Gasteiger partial charge in [-0.05, 0) is 5.56 Å². The SMILES string of the molecule is COC(=O)C(NCc1ncon1)c1ccccc1. The summed E-state index contributed by atoms with van der Waals surface area (Å²) in [5.74, 6) is 0.129. The van der Waals surface area contributed by atoms with E-state index in [9.17, 15) is 4.79 Å². The van der Waals surface area contributed by atoms with Gasteiger partial charge in [-0.2, -0.15) is 4.98 Å². The Kier molecular flexibility index (Phi) is 4.03. The van der Waals surface area contributed by atoms with Crippen molar-refractivity contribution in [3.63, 3.8) is 0 Å². The summed E-state index contributed by atoms with van der Waals surface area (Å²) in [6.07, 6.45) is 1.24. The fraction of sp³-hybridized carbons (Fsp3) is 0.250. The molecule has 0 saturated carbocycles. The largest absolute Gasteiger partial charge is 0.468 e. The lowest BCUT2D eigenvalue weighted by atomic mass is 10.1. The monoisotopic (exact) mass is 247 g/mol. The summed E-state index contributed by atoms with van der Waals surface area (Å²) in [5, 5.41) is 6.70. The van der Waals surface area contributed by atoms with Gasteiger partial charge < -0.3 is 9.26 Å². The van der Waals surface area contributed by atoms with Crippen LogP contribution in [0.2, 0.25) is 0 Å². The Balaban J connectivity index is 2.09. The molecule has 18 heavy (non-hydrogen) atoms. The van der Waals surface area contributed by atoms with Gasteiger partial charge in [0.05, 0.1) is 13.7 Å². The zero-order valence-corrected chi connectivity index (χ0v) is 9.87. The number of methoxy groups -OCH3 is 1. The third kappa shape index (κ3) is 2.92. The van der Waals surface area contributed by atoms with Crippen molar-refractivity contribution in [1.29, 1.82) is 0 Å². The van der Waals surface area contributed by atoms with Gasteiger partial charge >= 0.3 is 5.97 Å². The number of ether oxygens (including phenoxy) is 1. The maximum atomic E-state index is 11.7. The molecule has 6 nitrogen and oxygen atoms in total. The molecule has 1 unspecified atom stereocenters. The number of hydrogen-bond donors (Lipinski definition) is 1. The molecule has 1 aromatic carbocycles. The molecule has 1 heterocycles. The maximum absolute atomic E-state index is 11.7. The third-order valence-electron chi connectivity index (χ3n) is 2.44. The molecule has 2 aromatic rings. The molecule has 0 aliphatic carbocycles. The number of hydrogen-bond acceptors (Lipinski definition) is 6. The summed E-state index contributed by atoms with van der Waals surface area (Å²) in [5.41, 5.74) is 0.827. The minimum Gasteiger partial charge on any atom is -0.468 e. The lowest BCUT2D eigenvalue weighted by Gasteiger charge is -2.15. The van der Waals surface area contributed by atoms with Crippen molar-refractivity contribution in [2.75, 3.05) is 7.11 Å². The van der Waals surface area contributed by atoms with Gasteiger partial charge in [-0.15, -0.1) is 0 Å². The van der Waals surface area contributed by atoms with Gasteiger partial charge in [0.25, 0.3) is 0 Å². The lowest BCUT2D eigenvalue weighted by molar-refractivity contribution is -0.143. The average Bonchev–Trinajstić information content (AvgIpc) is 2.93. The first-order valence-corrected chi connectivity index (χ1v) is 5.42. The van der Waals surface area contributed by atoms with Gasteiger partial charge in [-0.1, -0.05) is 35.5 Å². The van der Waals surface area contributed by atoms with Crippen molar-refractivity contribution in [3.8, 4) is 0 Å². The molecule has 0 bridgehead atoms.